The van der Waals surface area contributed by atoms with Gasteiger partial charge in [-0.3, -0.25) is 9.78 Å². The Morgan fingerprint density at radius 1 is 1.00 bits per heavy atom. The van der Waals surface area contributed by atoms with E-state index in [0.29, 0.717) is 32.5 Å². The Morgan fingerprint density at radius 2 is 1.75 bits per heavy atom. The van der Waals surface area contributed by atoms with Crippen molar-refractivity contribution in [2.45, 2.75) is 6.92 Å². The molecular formula is C22H15Cl2N3O. The Bertz CT molecular complexity index is 1190. The van der Waals surface area contributed by atoms with Crippen LogP contribution in [0.25, 0.3) is 22.2 Å². The van der Waals surface area contributed by atoms with E-state index in [1.165, 1.54) is 0 Å². The number of nitrogens with zero attached hydrogens (tertiary/aromatic N) is 2. The Hall–Kier alpha value is -2.95. The number of para-hydroxylation sites is 1. The van der Waals surface area contributed by atoms with Crippen molar-refractivity contribution in [2.75, 3.05) is 5.32 Å². The van der Waals surface area contributed by atoms with Crippen LogP contribution in [0, 0.1) is 6.92 Å². The predicted octanol–water partition coefficient (Wildman–Crippen LogP) is 6.16. The number of nitrogens with one attached hydrogen (secondary N) is 1. The van der Waals surface area contributed by atoms with Gasteiger partial charge in [-0.05, 0) is 48.9 Å². The first-order chi connectivity index (χ1) is 13.5. The van der Waals surface area contributed by atoms with Crippen LogP contribution in [0.2, 0.25) is 10.0 Å². The molecule has 0 spiro atoms. The van der Waals surface area contributed by atoms with Gasteiger partial charge in [-0.1, -0.05) is 41.4 Å². The third kappa shape index (κ3) is 3.44. The molecule has 6 heteroatoms. The lowest BCUT2D eigenvalue weighted by Crippen LogP contribution is -2.15. The molecule has 0 aliphatic rings. The van der Waals surface area contributed by atoms with Gasteiger partial charge in [0, 0.05) is 34.1 Å². The van der Waals surface area contributed by atoms with Crippen LogP contribution >= 0.6 is 23.2 Å². The summed E-state index contributed by atoms with van der Waals surface area (Å²) in [4.78, 5) is 21.9. The summed E-state index contributed by atoms with van der Waals surface area (Å²) in [5, 5.41) is 4.74. The second kappa shape index (κ2) is 7.58. The number of hydrogen-bond donors (Lipinski definition) is 1. The SMILES string of the molecule is Cc1c(-c2ccc(Cl)cc2Cl)nc2ccccc2c1C(=O)Nc1ccncc1. The summed E-state index contributed by atoms with van der Waals surface area (Å²) in [6, 6.07) is 16.3. The zero-order valence-electron chi connectivity index (χ0n) is 14.9. The van der Waals surface area contributed by atoms with E-state index < -0.39 is 0 Å². The van der Waals surface area contributed by atoms with Gasteiger partial charge in [-0.15, -0.1) is 0 Å². The number of carbonyl (C=O) groups is 1. The minimum Gasteiger partial charge on any atom is -0.322 e. The molecule has 4 rings (SSSR count). The van der Waals surface area contributed by atoms with E-state index in [9.17, 15) is 4.79 Å². The summed E-state index contributed by atoms with van der Waals surface area (Å²) in [6.45, 7) is 1.88. The van der Waals surface area contributed by atoms with Crippen molar-refractivity contribution in [1.82, 2.24) is 9.97 Å². The van der Waals surface area contributed by atoms with Crippen LogP contribution in [0.1, 0.15) is 15.9 Å². The van der Waals surface area contributed by atoms with E-state index in [1.807, 2.05) is 37.3 Å². The maximum absolute atomic E-state index is 13.2. The summed E-state index contributed by atoms with van der Waals surface area (Å²) in [5.41, 5.74) is 4.07. The molecule has 2 aromatic carbocycles. The molecule has 1 N–H and O–H groups in total. The topological polar surface area (TPSA) is 54.9 Å². The molecule has 0 radical (unpaired) electrons. The fraction of sp³-hybridized carbons (Fsp3) is 0.0455. The number of pyridine rings is 2. The van der Waals surface area contributed by atoms with Gasteiger partial charge >= 0.3 is 0 Å². The highest BCUT2D eigenvalue weighted by molar-refractivity contribution is 6.36. The number of benzene rings is 2. The zero-order chi connectivity index (χ0) is 19.7. The summed E-state index contributed by atoms with van der Waals surface area (Å²) >= 11 is 12.5. The van der Waals surface area contributed by atoms with Crippen LogP contribution in [-0.2, 0) is 0 Å². The Labute approximate surface area is 172 Å². The molecule has 4 aromatic rings. The average molecular weight is 408 g/mol. The summed E-state index contributed by atoms with van der Waals surface area (Å²) < 4.78 is 0. The standard InChI is InChI=1S/C22H15Cl2N3O/c1-13-20(22(28)26-15-8-10-25-11-9-15)17-4-2-3-5-19(17)27-21(13)16-7-6-14(23)12-18(16)24/h2-12H,1H3,(H,25,26,28). The van der Waals surface area contributed by atoms with E-state index >= 15 is 0 Å². The lowest BCUT2D eigenvalue weighted by atomic mass is 9.97. The molecule has 4 nitrogen and oxygen atoms in total. The summed E-state index contributed by atoms with van der Waals surface area (Å²) in [7, 11) is 0. The minimum atomic E-state index is -0.214. The van der Waals surface area contributed by atoms with Crippen LogP contribution in [0.3, 0.4) is 0 Å². The van der Waals surface area contributed by atoms with Crippen molar-refractivity contribution in [3.8, 4) is 11.3 Å². The Kier molecular flexibility index (Phi) is 4.99. The molecule has 2 aromatic heterocycles. The van der Waals surface area contributed by atoms with Gasteiger partial charge in [0.15, 0.2) is 0 Å². The lowest BCUT2D eigenvalue weighted by molar-refractivity contribution is 0.102. The molecule has 0 atom stereocenters. The number of amides is 1. The molecule has 0 saturated carbocycles. The maximum Gasteiger partial charge on any atom is 0.256 e. The normalized spacial score (nSPS) is 10.8. The highest BCUT2D eigenvalue weighted by Gasteiger charge is 2.20. The largest absolute Gasteiger partial charge is 0.322 e. The van der Waals surface area contributed by atoms with Crippen molar-refractivity contribution in [3.63, 3.8) is 0 Å². The summed E-state index contributed by atoms with van der Waals surface area (Å²) in [5.74, 6) is -0.214. The van der Waals surface area contributed by atoms with Crippen molar-refractivity contribution in [2.24, 2.45) is 0 Å². The molecular weight excluding hydrogens is 393 g/mol. The number of anilines is 1. The number of carbonyl (C=O) groups excluding carboxylic acids is 1. The molecule has 0 saturated heterocycles. The first-order valence-electron chi connectivity index (χ1n) is 8.61. The average Bonchev–Trinajstić information content (AvgIpc) is 2.68. The zero-order valence-corrected chi connectivity index (χ0v) is 16.4. The second-order valence-corrected chi connectivity index (χ2v) is 7.14. The third-order valence-electron chi connectivity index (χ3n) is 4.49. The van der Waals surface area contributed by atoms with Gasteiger partial charge in [-0.25, -0.2) is 4.98 Å². The molecule has 28 heavy (non-hydrogen) atoms. The van der Waals surface area contributed by atoms with Crippen LogP contribution in [-0.4, -0.2) is 15.9 Å². The summed E-state index contributed by atoms with van der Waals surface area (Å²) in [6.07, 6.45) is 3.26. The molecule has 138 valence electrons. The smallest absolute Gasteiger partial charge is 0.256 e. The number of rotatable bonds is 3. The van der Waals surface area contributed by atoms with Crippen LogP contribution in [0.4, 0.5) is 5.69 Å². The molecule has 0 aliphatic carbocycles. The van der Waals surface area contributed by atoms with Gasteiger partial charge < -0.3 is 5.32 Å². The fourth-order valence-electron chi connectivity index (χ4n) is 3.17. The molecule has 2 heterocycles. The van der Waals surface area contributed by atoms with E-state index in [4.69, 9.17) is 28.2 Å². The first kappa shape index (κ1) is 18.4. The van der Waals surface area contributed by atoms with E-state index in [2.05, 4.69) is 10.3 Å². The molecule has 0 fully saturated rings. The van der Waals surface area contributed by atoms with Gasteiger partial charge in [-0.2, -0.15) is 0 Å². The minimum absolute atomic E-state index is 0.214. The molecule has 0 aliphatic heterocycles. The third-order valence-corrected chi connectivity index (χ3v) is 5.04. The van der Waals surface area contributed by atoms with Crippen LogP contribution < -0.4 is 5.32 Å². The number of hydrogen-bond acceptors (Lipinski definition) is 3. The van der Waals surface area contributed by atoms with Gasteiger partial charge in [0.2, 0.25) is 0 Å². The Morgan fingerprint density at radius 3 is 2.50 bits per heavy atom. The molecule has 0 unspecified atom stereocenters. The van der Waals surface area contributed by atoms with Gasteiger partial charge in [0.25, 0.3) is 5.91 Å². The second-order valence-electron chi connectivity index (χ2n) is 6.29. The van der Waals surface area contributed by atoms with Crippen molar-refractivity contribution in [1.29, 1.82) is 0 Å². The Balaban J connectivity index is 1.92. The van der Waals surface area contributed by atoms with Crippen LogP contribution in [0.5, 0.6) is 0 Å². The van der Waals surface area contributed by atoms with Crippen molar-refractivity contribution >= 4 is 45.7 Å². The van der Waals surface area contributed by atoms with Gasteiger partial charge in [0.1, 0.15) is 0 Å². The number of fused-ring (bicyclic) bond motifs is 1. The molecule has 0 bridgehead atoms. The van der Waals surface area contributed by atoms with Crippen molar-refractivity contribution in [3.05, 3.63) is 88.2 Å². The highest BCUT2D eigenvalue weighted by Crippen LogP contribution is 2.35. The van der Waals surface area contributed by atoms with E-state index in [-0.39, 0.29) is 5.91 Å². The lowest BCUT2D eigenvalue weighted by Gasteiger charge is -2.15. The molecule has 1 amide bonds. The quantitative estimate of drug-likeness (QED) is 0.442. The van der Waals surface area contributed by atoms with E-state index in [0.717, 1.165) is 16.5 Å². The van der Waals surface area contributed by atoms with E-state index in [1.54, 1.807) is 36.7 Å². The van der Waals surface area contributed by atoms with Gasteiger partial charge in [0.05, 0.1) is 21.8 Å². The number of halogens is 2. The fourth-order valence-corrected chi connectivity index (χ4v) is 3.67. The highest BCUT2D eigenvalue weighted by atomic mass is 35.5. The first-order valence-corrected chi connectivity index (χ1v) is 9.36. The van der Waals surface area contributed by atoms with Crippen LogP contribution in [0.15, 0.2) is 67.0 Å². The number of aromatic nitrogens is 2. The monoisotopic (exact) mass is 407 g/mol. The van der Waals surface area contributed by atoms with Crippen molar-refractivity contribution < 1.29 is 4.79 Å². The maximum atomic E-state index is 13.2. The predicted molar refractivity (Wildman–Crippen MR) is 114 cm³/mol.